The monoisotopic (exact) mass is 343 g/mol. The minimum atomic E-state index is -0.602. The van der Waals surface area contributed by atoms with Crippen LogP contribution >= 0.6 is 0 Å². The van der Waals surface area contributed by atoms with E-state index < -0.39 is 6.03 Å². The van der Waals surface area contributed by atoms with E-state index in [9.17, 15) is 4.79 Å². The second kappa shape index (κ2) is 6.25. The number of amides is 2. The molecule has 3 aromatic rings. The van der Waals surface area contributed by atoms with Crippen molar-refractivity contribution in [1.29, 1.82) is 0 Å². The second-order valence-electron chi connectivity index (χ2n) is 5.98. The Balaban J connectivity index is 1.93. The molecule has 0 saturated heterocycles. The third-order valence-corrected chi connectivity index (χ3v) is 4.20. The van der Waals surface area contributed by atoms with Crippen molar-refractivity contribution in [2.45, 2.75) is 0 Å². The Labute approximate surface area is 150 Å². The summed E-state index contributed by atoms with van der Waals surface area (Å²) < 4.78 is 0. The zero-order valence-corrected chi connectivity index (χ0v) is 13.9. The molecule has 0 fully saturated rings. The van der Waals surface area contributed by atoms with E-state index >= 15 is 0 Å². The molecule has 2 heterocycles. The number of nitrogen functional groups attached to an aromatic ring is 1. The van der Waals surface area contributed by atoms with Crippen LogP contribution in [0.3, 0.4) is 0 Å². The molecule has 26 heavy (non-hydrogen) atoms. The Morgan fingerprint density at radius 2 is 1.96 bits per heavy atom. The summed E-state index contributed by atoms with van der Waals surface area (Å²) in [5, 5.41) is 2.61. The number of urea groups is 1. The number of H-pyrrole nitrogens is 1. The average molecular weight is 343 g/mol. The van der Waals surface area contributed by atoms with Crippen molar-refractivity contribution in [2.24, 2.45) is 10.7 Å². The van der Waals surface area contributed by atoms with Gasteiger partial charge in [-0.1, -0.05) is 12.1 Å². The van der Waals surface area contributed by atoms with Crippen molar-refractivity contribution in [3.8, 4) is 0 Å². The van der Waals surface area contributed by atoms with Crippen molar-refractivity contribution in [1.82, 2.24) is 4.98 Å². The van der Waals surface area contributed by atoms with Gasteiger partial charge in [-0.25, -0.2) is 4.79 Å². The molecule has 2 aromatic carbocycles. The van der Waals surface area contributed by atoms with Crippen molar-refractivity contribution in [2.75, 3.05) is 11.1 Å². The first-order valence-corrected chi connectivity index (χ1v) is 8.11. The molecule has 1 aromatic heterocycles. The summed E-state index contributed by atoms with van der Waals surface area (Å²) in [6, 6.07) is 16.6. The number of aromatic nitrogens is 1. The predicted octanol–water partition coefficient (Wildman–Crippen LogP) is 3.76. The molecule has 4 rings (SSSR count). The third-order valence-electron chi connectivity index (χ3n) is 4.20. The van der Waals surface area contributed by atoms with E-state index in [-0.39, 0.29) is 0 Å². The molecule has 6 N–H and O–H groups in total. The lowest BCUT2D eigenvalue weighted by Gasteiger charge is -2.12. The maximum atomic E-state index is 11.2. The van der Waals surface area contributed by atoms with Gasteiger partial charge >= 0.3 is 6.03 Å². The Bertz CT molecular complexity index is 1050. The van der Waals surface area contributed by atoms with Crippen LogP contribution in [0.2, 0.25) is 0 Å². The number of nitrogens with one attached hydrogen (secondary N) is 2. The molecule has 6 nitrogen and oxygen atoms in total. The lowest BCUT2D eigenvalue weighted by atomic mass is 9.93. The highest BCUT2D eigenvalue weighted by Crippen LogP contribution is 2.40. The number of aliphatic imine (C=N–C) groups is 1. The number of primary amides is 1. The smallest absolute Gasteiger partial charge is 0.316 e. The maximum absolute atomic E-state index is 11.2. The number of hydrogen-bond acceptors (Lipinski definition) is 3. The van der Waals surface area contributed by atoms with Gasteiger partial charge in [0.15, 0.2) is 0 Å². The Morgan fingerprint density at radius 1 is 1.08 bits per heavy atom. The number of anilines is 2. The first-order valence-electron chi connectivity index (χ1n) is 8.11. The van der Waals surface area contributed by atoms with Crippen LogP contribution in [0.1, 0.15) is 16.8 Å². The average Bonchev–Trinajstić information content (AvgIpc) is 3.26. The van der Waals surface area contributed by atoms with E-state index in [0.29, 0.717) is 11.4 Å². The van der Waals surface area contributed by atoms with E-state index in [0.717, 1.165) is 33.7 Å². The summed E-state index contributed by atoms with van der Waals surface area (Å²) in [4.78, 5) is 18.9. The first-order chi connectivity index (χ1) is 12.6. The Hall–Kier alpha value is -3.80. The van der Waals surface area contributed by atoms with E-state index in [1.165, 1.54) is 0 Å². The van der Waals surface area contributed by atoms with Crippen LogP contribution in [0.25, 0.3) is 11.1 Å². The van der Waals surface area contributed by atoms with E-state index in [4.69, 9.17) is 11.5 Å². The van der Waals surface area contributed by atoms with Gasteiger partial charge in [-0.05, 0) is 48.0 Å². The molecule has 1 aliphatic rings. The number of aromatic amines is 1. The normalized spacial score (nSPS) is 14.2. The maximum Gasteiger partial charge on any atom is 0.316 e. The summed E-state index contributed by atoms with van der Waals surface area (Å²) in [7, 11) is 0. The van der Waals surface area contributed by atoms with Crippen LogP contribution in [0, 0.1) is 0 Å². The van der Waals surface area contributed by atoms with Gasteiger partial charge < -0.3 is 21.8 Å². The van der Waals surface area contributed by atoms with Crippen molar-refractivity contribution in [3.05, 3.63) is 77.6 Å². The van der Waals surface area contributed by atoms with Gasteiger partial charge in [0.25, 0.3) is 0 Å². The minimum Gasteiger partial charge on any atom is -0.399 e. The number of carbonyl (C=O) groups excluding carboxylic acids is 1. The second-order valence-corrected chi connectivity index (χ2v) is 5.98. The summed E-state index contributed by atoms with van der Waals surface area (Å²) in [5.41, 5.74) is 18.2. The van der Waals surface area contributed by atoms with Gasteiger partial charge in [-0.15, -0.1) is 0 Å². The highest BCUT2D eigenvalue weighted by molar-refractivity contribution is 6.26. The van der Waals surface area contributed by atoms with Crippen LogP contribution in [-0.2, 0) is 0 Å². The van der Waals surface area contributed by atoms with Crippen molar-refractivity contribution >= 4 is 40.5 Å². The van der Waals surface area contributed by atoms with Crippen molar-refractivity contribution in [3.63, 3.8) is 0 Å². The SMILES string of the molecule is NC(=O)Nc1ccc2c(c1)C(=C(c1cccc(N)c1)c1ccc[nH]1)C=N2. The molecule has 0 unspecified atom stereocenters. The van der Waals surface area contributed by atoms with Gasteiger partial charge in [-0.3, -0.25) is 4.99 Å². The molecule has 2 amide bonds. The largest absolute Gasteiger partial charge is 0.399 e. The number of hydrogen-bond donors (Lipinski definition) is 4. The summed E-state index contributed by atoms with van der Waals surface area (Å²) in [5.74, 6) is 0. The molecule has 6 heteroatoms. The van der Waals surface area contributed by atoms with E-state index in [1.54, 1.807) is 6.07 Å². The third kappa shape index (κ3) is 2.84. The van der Waals surface area contributed by atoms with Gasteiger partial charge in [0.2, 0.25) is 0 Å². The first kappa shape index (κ1) is 15.7. The molecule has 0 radical (unpaired) electrons. The molecular formula is C20H17N5O. The number of fused-ring (bicyclic) bond motifs is 1. The molecule has 0 saturated carbocycles. The van der Waals surface area contributed by atoms with Crippen LogP contribution in [-0.4, -0.2) is 17.2 Å². The zero-order chi connectivity index (χ0) is 18.1. The molecule has 128 valence electrons. The topological polar surface area (TPSA) is 109 Å². The summed E-state index contributed by atoms with van der Waals surface area (Å²) in [6.07, 6.45) is 3.71. The molecule has 1 aliphatic heterocycles. The van der Waals surface area contributed by atoms with E-state index in [1.807, 2.05) is 60.9 Å². The molecule has 0 spiro atoms. The van der Waals surface area contributed by atoms with Gasteiger partial charge in [-0.2, -0.15) is 0 Å². The summed E-state index contributed by atoms with van der Waals surface area (Å²) >= 11 is 0. The van der Waals surface area contributed by atoms with Crippen LogP contribution in [0.15, 0.2) is 65.8 Å². The number of rotatable bonds is 3. The lowest BCUT2D eigenvalue weighted by Crippen LogP contribution is -2.19. The fourth-order valence-corrected chi connectivity index (χ4v) is 3.12. The van der Waals surface area contributed by atoms with Gasteiger partial charge in [0.1, 0.15) is 0 Å². The fourth-order valence-electron chi connectivity index (χ4n) is 3.12. The van der Waals surface area contributed by atoms with Crippen LogP contribution in [0.5, 0.6) is 0 Å². The Kier molecular flexibility index (Phi) is 3.78. The Morgan fingerprint density at radius 3 is 2.69 bits per heavy atom. The van der Waals surface area contributed by atoms with Crippen molar-refractivity contribution < 1.29 is 4.79 Å². The highest BCUT2D eigenvalue weighted by Gasteiger charge is 2.20. The fraction of sp³-hybridized carbons (Fsp3) is 0. The minimum absolute atomic E-state index is 0.602. The molecular weight excluding hydrogens is 326 g/mol. The van der Waals surface area contributed by atoms with E-state index in [2.05, 4.69) is 15.3 Å². The quantitative estimate of drug-likeness (QED) is 0.543. The number of nitrogens with two attached hydrogens (primary N) is 2. The summed E-state index contributed by atoms with van der Waals surface area (Å²) in [6.45, 7) is 0. The number of carbonyl (C=O) groups is 1. The molecule has 0 atom stereocenters. The van der Waals surface area contributed by atoms with Gasteiger partial charge in [0, 0.05) is 46.2 Å². The lowest BCUT2D eigenvalue weighted by molar-refractivity contribution is 0.259. The van der Waals surface area contributed by atoms with Crippen LogP contribution < -0.4 is 16.8 Å². The molecule has 0 bridgehead atoms. The predicted molar refractivity (Wildman–Crippen MR) is 105 cm³/mol. The standard InChI is InChI=1S/C20H17N5O/c21-13-4-1-3-12(9-13)19(18-5-2-8-23-18)16-11-24-17-7-6-14(10-15(16)17)25-20(22)26/h1-11,23H,21H2,(H3,22,25,26). The highest BCUT2D eigenvalue weighted by atomic mass is 16.2. The zero-order valence-electron chi connectivity index (χ0n) is 13.9. The number of nitrogens with zero attached hydrogens (tertiary/aromatic N) is 1. The molecule has 0 aliphatic carbocycles. The van der Waals surface area contributed by atoms with Crippen LogP contribution in [0.4, 0.5) is 21.9 Å². The van der Waals surface area contributed by atoms with Gasteiger partial charge in [0.05, 0.1) is 5.69 Å². The number of allylic oxidation sites excluding steroid dienone is 1. The number of benzene rings is 2.